The number of hydrogen-bond donors (Lipinski definition) is 1. The van der Waals surface area contributed by atoms with E-state index in [0.29, 0.717) is 11.8 Å². The van der Waals surface area contributed by atoms with Gasteiger partial charge in [0.2, 0.25) is 0 Å². The topological polar surface area (TPSA) is 52.3 Å². The standard InChI is InChI=1S/C14H23F2NO2/c1-2-10-6-11-4-3-5-13(7-10,8-11)9-19-12(18)14(15,16)17/h10-11H,2-9,17H2,1H3. The summed E-state index contributed by atoms with van der Waals surface area (Å²) in [6.07, 6.45) is 7.65. The number of rotatable bonds is 4. The van der Waals surface area contributed by atoms with E-state index in [2.05, 4.69) is 12.7 Å². The van der Waals surface area contributed by atoms with Crippen LogP contribution in [0.5, 0.6) is 0 Å². The summed E-state index contributed by atoms with van der Waals surface area (Å²) in [4.78, 5) is 11.1. The highest BCUT2D eigenvalue weighted by atomic mass is 19.3. The van der Waals surface area contributed by atoms with Crippen LogP contribution in [0.15, 0.2) is 0 Å². The first-order chi connectivity index (χ1) is 8.85. The lowest BCUT2D eigenvalue weighted by molar-refractivity contribution is -0.177. The number of fused-ring (bicyclic) bond motifs is 2. The van der Waals surface area contributed by atoms with Gasteiger partial charge in [0.15, 0.2) is 0 Å². The van der Waals surface area contributed by atoms with Crippen molar-refractivity contribution >= 4 is 5.97 Å². The Morgan fingerprint density at radius 1 is 1.47 bits per heavy atom. The third-order valence-corrected chi connectivity index (χ3v) is 4.79. The maximum Gasteiger partial charge on any atom is 0.397 e. The van der Waals surface area contributed by atoms with Crippen molar-refractivity contribution < 1.29 is 18.3 Å². The van der Waals surface area contributed by atoms with Gasteiger partial charge in [0, 0.05) is 5.41 Å². The molecule has 2 fully saturated rings. The Labute approximate surface area is 112 Å². The summed E-state index contributed by atoms with van der Waals surface area (Å²) in [6, 6.07) is -3.87. The van der Waals surface area contributed by atoms with Gasteiger partial charge in [-0.1, -0.05) is 26.2 Å². The van der Waals surface area contributed by atoms with Crippen LogP contribution in [0, 0.1) is 17.3 Å². The molecule has 3 unspecified atom stereocenters. The van der Waals surface area contributed by atoms with Gasteiger partial charge in [-0.3, -0.25) is 5.73 Å². The fourth-order valence-corrected chi connectivity index (χ4v) is 3.95. The third-order valence-electron chi connectivity index (χ3n) is 4.79. The quantitative estimate of drug-likeness (QED) is 0.633. The highest BCUT2D eigenvalue weighted by Gasteiger charge is 2.45. The molecule has 2 N–H and O–H groups in total. The Hall–Kier alpha value is -0.710. The highest BCUT2D eigenvalue weighted by molar-refractivity contribution is 5.76. The number of alkyl halides is 2. The molecule has 3 atom stereocenters. The molecule has 19 heavy (non-hydrogen) atoms. The van der Waals surface area contributed by atoms with Crippen LogP contribution in [0.3, 0.4) is 0 Å². The fourth-order valence-electron chi connectivity index (χ4n) is 3.95. The van der Waals surface area contributed by atoms with E-state index in [0.717, 1.165) is 32.1 Å². The maximum atomic E-state index is 12.6. The molecule has 0 amide bonds. The zero-order chi connectivity index (χ0) is 14.1. The summed E-state index contributed by atoms with van der Waals surface area (Å²) in [5.74, 6) is -0.289. The van der Waals surface area contributed by atoms with Crippen LogP contribution in [-0.4, -0.2) is 18.6 Å². The van der Waals surface area contributed by atoms with E-state index in [9.17, 15) is 13.6 Å². The minimum Gasteiger partial charge on any atom is -0.460 e. The van der Waals surface area contributed by atoms with E-state index in [4.69, 9.17) is 4.74 Å². The minimum absolute atomic E-state index is 0.0806. The van der Waals surface area contributed by atoms with E-state index >= 15 is 0 Å². The first kappa shape index (κ1) is 14.7. The maximum absolute atomic E-state index is 12.6. The molecule has 110 valence electrons. The van der Waals surface area contributed by atoms with Crippen LogP contribution in [0.1, 0.15) is 51.9 Å². The molecule has 0 aromatic carbocycles. The average molecular weight is 275 g/mol. The van der Waals surface area contributed by atoms with Crippen LogP contribution in [0.2, 0.25) is 0 Å². The Kier molecular flexibility index (Phi) is 4.14. The monoisotopic (exact) mass is 275 g/mol. The lowest BCUT2D eigenvalue weighted by Gasteiger charge is -2.48. The molecule has 0 aromatic heterocycles. The third kappa shape index (κ3) is 3.44. The molecular formula is C14H23F2NO2. The molecule has 0 aromatic rings. The lowest BCUT2D eigenvalue weighted by atomic mass is 9.59. The molecule has 0 radical (unpaired) electrons. The summed E-state index contributed by atoms with van der Waals surface area (Å²) in [5.41, 5.74) is 4.39. The minimum atomic E-state index is -3.87. The summed E-state index contributed by atoms with van der Waals surface area (Å²) in [5, 5.41) is 0. The predicted molar refractivity (Wildman–Crippen MR) is 67.5 cm³/mol. The van der Waals surface area contributed by atoms with Gasteiger partial charge in [0.1, 0.15) is 0 Å². The average Bonchev–Trinajstić information content (AvgIpc) is 2.34. The Morgan fingerprint density at radius 2 is 2.21 bits per heavy atom. The second kappa shape index (κ2) is 5.35. The van der Waals surface area contributed by atoms with Gasteiger partial charge in [-0.15, -0.1) is 0 Å². The van der Waals surface area contributed by atoms with Crippen molar-refractivity contribution in [1.82, 2.24) is 0 Å². The number of ether oxygens (including phenoxy) is 1. The first-order valence-electron chi connectivity index (χ1n) is 7.18. The van der Waals surface area contributed by atoms with E-state index in [-0.39, 0.29) is 12.0 Å². The van der Waals surface area contributed by atoms with Crippen molar-refractivity contribution in [3.05, 3.63) is 0 Å². The number of nitrogens with two attached hydrogens (primary N) is 1. The Bertz CT molecular complexity index is 343. The van der Waals surface area contributed by atoms with Crippen LogP contribution < -0.4 is 5.73 Å². The Balaban J connectivity index is 1.98. The van der Waals surface area contributed by atoms with Gasteiger partial charge >= 0.3 is 12.0 Å². The summed E-state index contributed by atoms with van der Waals surface area (Å²) in [6.45, 7) is 2.27. The van der Waals surface area contributed by atoms with Crippen molar-refractivity contribution in [2.75, 3.05) is 6.61 Å². The number of carbonyl (C=O) groups is 1. The SMILES string of the molecule is CCC1CC2CCCC(COC(=O)C(N)(F)F)(C1)C2. The summed E-state index contributed by atoms with van der Waals surface area (Å²) in [7, 11) is 0. The smallest absolute Gasteiger partial charge is 0.397 e. The van der Waals surface area contributed by atoms with Gasteiger partial charge in [-0.05, 0) is 37.5 Å². The highest BCUT2D eigenvalue weighted by Crippen LogP contribution is 2.51. The van der Waals surface area contributed by atoms with Crippen molar-refractivity contribution in [2.45, 2.75) is 57.9 Å². The van der Waals surface area contributed by atoms with Crippen LogP contribution >= 0.6 is 0 Å². The molecule has 2 rings (SSSR count). The molecule has 5 heteroatoms. The molecule has 0 heterocycles. The molecule has 3 nitrogen and oxygen atoms in total. The molecule has 0 saturated heterocycles. The normalized spacial score (nSPS) is 34.9. The largest absolute Gasteiger partial charge is 0.460 e. The van der Waals surface area contributed by atoms with E-state index in [1.54, 1.807) is 0 Å². The van der Waals surface area contributed by atoms with Gasteiger partial charge in [-0.25, -0.2) is 4.79 Å². The van der Waals surface area contributed by atoms with Crippen LogP contribution in [-0.2, 0) is 9.53 Å². The molecule has 2 aliphatic rings. The number of carbonyl (C=O) groups excluding carboxylic acids is 1. The van der Waals surface area contributed by atoms with Crippen LogP contribution in [0.4, 0.5) is 8.78 Å². The number of hydrogen-bond acceptors (Lipinski definition) is 3. The fraction of sp³-hybridized carbons (Fsp3) is 0.929. The van der Waals surface area contributed by atoms with Crippen molar-refractivity contribution in [3.63, 3.8) is 0 Å². The predicted octanol–water partition coefficient (Wildman–Crippen LogP) is 3.08. The van der Waals surface area contributed by atoms with Crippen LogP contribution in [0.25, 0.3) is 0 Å². The number of halogens is 2. The van der Waals surface area contributed by atoms with Gasteiger partial charge in [-0.2, -0.15) is 8.78 Å². The van der Waals surface area contributed by atoms with Crippen molar-refractivity contribution in [2.24, 2.45) is 23.0 Å². The second-order valence-electron chi connectivity index (χ2n) is 6.38. The zero-order valence-electron chi connectivity index (χ0n) is 11.5. The van der Waals surface area contributed by atoms with E-state index < -0.39 is 12.0 Å². The molecule has 2 bridgehead atoms. The van der Waals surface area contributed by atoms with E-state index in [1.165, 1.54) is 12.8 Å². The molecule has 2 saturated carbocycles. The molecule has 2 aliphatic carbocycles. The Morgan fingerprint density at radius 3 is 2.84 bits per heavy atom. The van der Waals surface area contributed by atoms with Gasteiger partial charge in [0.05, 0.1) is 6.61 Å². The summed E-state index contributed by atoms with van der Waals surface area (Å²) >= 11 is 0. The zero-order valence-corrected chi connectivity index (χ0v) is 11.5. The number of esters is 1. The second-order valence-corrected chi connectivity index (χ2v) is 6.38. The van der Waals surface area contributed by atoms with E-state index in [1.807, 2.05) is 0 Å². The molecule has 0 spiro atoms. The van der Waals surface area contributed by atoms with Crippen molar-refractivity contribution in [3.8, 4) is 0 Å². The first-order valence-corrected chi connectivity index (χ1v) is 7.18. The van der Waals surface area contributed by atoms with Gasteiger partial charge in [0.25, 0.3) is 0 Å². The molecular weight excluding hydrogens is 252 g/mol. The molecule has 0 aliphatic heterocycles. The lowest BCUT2D eigenvalue weighted by Crippen LogP contribution is -2.45. The summed E-state index contributed by atoms with van der Waals surface area (Å²) < 4.78 is 30.1. The van der Waals surface area contributed by atoms with Crippen molar-refractivity contribution in [1.29, 1.82) is 0 Å². The van der Waals surface area contributed by atoms with Gasteiger partial charge < -0.3 is 4.74 Å².